The third-order valence-corrected chi connectivity index (χ3v) is 5.86. The van der Waals surface area contributed by atoms with Crippen molar-refractivity contribution < 1.29 is 9.18 Å². The van der Waals surface area contributed by atoms with Crippen molar-refractivity contribution in [1.82, 2.24) is 14.8 Å². The summed E-state index contributed by atoms with van der Waals surface area (Å²) >= 11 is 3.13. The average Bonchev–Trinajstić information content (AvgIpc) is 3.27. The van der Waals surface area contributed by atoms with Crippen LogP contribution in [0.25, 0.3) is 10.6 Å². The van der Waals surface area contributed by atoms with Crippen LogP contribution in [-0.2, 0) is 29.8 Å². The largest absolute Gasteiger partial charge is 0.310 e. The number of carbonyl (C=O) groups excluding carboxylic acids is 1. The van der Waals surface area contributed by atoms with Gasteiger partial charge in [0.1, 0.15) is 16.6 Å². The van der Waals surface area contributed by atoms with Crippen molar-refractivity contribution >= 4 is 34.8 Å². The molecular formula is C17H15FN4OS2. The van der Waals surface area contributed by atoms with Gasteiger partial charge in [0, 0.05) is 35.1 Å². The summed E-state index contributed by atoms with van der Waals surface area (Å²) in [7, 11) is 1.83. The molecule has 2 aromatic heterocycles. The zero-order chi connectivity index (χ0) is 17.4. The fraction of sp³-hybridized carbons (Fsp3) is 0.235. The minimum absolute atomic E-state index is 0.145. The van der Waals surface area contributed by atoms with Gasteiger partial charge in [-0.25, -0.2) is 9.37 Å². The van der Waals surface area contributed by atoms with Gasteiger partial charge in [0.05, 0.1) is 17.8 Å². The van der Waals surface area contributed by atoms with Crippen LogP contribution in [0.15, 0.2) is 29.6 Å². The third-order valence-electron chi connectivity index (χ3n) is 3.97. The Balaban J connectivity index is 1.48. The summed E-state index contributed by atoms with van der Waals surface area (Å²) in [6.07, 6.45) is 0.151. The summed E-state index contributed by atoms with van der Waals surface area (Å²) in [4.78, 5) is 16.8. The first-order valence-electron chi connectivity index (χ1n) is 7.73. The monoisotopic (exact) mass is 374 g/mol. The highest BCUT2D eigenvalue weighted by Crippen LogP contribution is 2.34. The predicted molar refractivity (Wildman–Crippen MR) is 98.0 cm³/mol. The van der Waals surface area contributed by atoms with Gasteiger partial charge < -0.3 is 5.32 Å². The quantitative estimate of drug-likeness (QED) is 0.758. The fourth-order valence-electron chi connectivity index (χ4n) is 2.78. The van der Waals surface area contributed by atoms with E-state index < -0.39 is 0 Å². The lowest BCUT2D eigenvalue weighted by molar-refractivity contribution is -0.115. The molecule has 3 heterocycles. The highest BCUT2D eigenvalue weighted by atomic mass is 32.2. The first-order valence-corrected chi connectivity index (χ1v) is 9.77. The molecule has 0 saturated carbocycles. The van der Waals surface area contributed by atoms with Crippen molar-refractivity contribution in [3.05, 3.63) is 52.4 Å². The van der Waals surface area contributed by atoms with Crippen LogP contribution in [-0.4, -0.2) is 20.7 Å². The maximum atomic E-state index is 13.8. The molecule has 0 aliphatic carbocycles. The number of amides is 1. The van der Waals surface area contributed by atoms with Crippen LogP contribution in [0.3, 0.4) is 0 Å². The molecule has 8 heteroatoms. The molecule has 1 aliphatic rings. The number of thioether (sulfide) groups is 1. The molecule has 0 atom stereocenters. The Morgan fingerprint density at radius 3 is 3.04 bits per heavy atom. The standard InChI is InChI=1S/C17H15FN4OS2/c1-22-16(12-8-24-9-14(12)21-22)20-15(23)6-10-7-25-17(19-10)11-4-2-3-5-13(11)18/h2-5,7H,6,8-9H2,1H3,(H,20,23). The minimum atomic E-state index is -0.309. The van der Waals surface area contributed by atoms with E-state index >= 15 is 0 Å². The molecule has 5 nitrogen and oxygen atoms in total. The molecule has 1 aliphatic heterocycles. The van der Waals surface area contributed by atoms with Crippen molar-refractivity contribution in [2.24, 2.45) is 7.05 Å². The van der Waals surface area contributed by atoms with Crippen LogP contribution in [0.4, 0.5) is 10.2 Å². The molecule has 0 saturated heterocycles. The number of rotatable bonds is 4. The van der Waals surface area contributed by atoms with E-state index in [1.807, 2.05) is 7.05 Å². The molecule has 1 N–H and O–H groups in total. The van der Waals surface area contributed by atoms with E-state index in [0.717, 1.165) is 28.6 Å². The van der Waals surface area contributed by atoms with Gasteiger partial charge in [-0.05, 0) is 12.1 Å². The normalized spacial score (nSPS) is 13.0. The molecule has 0 bridgehead atoms. The minimum Gasteiger partial charge on any atom is -0.310 e. The van der Waals surface area contributed by atoms with Gasteiger partial charge in [-0.15, -0.1) is 11.3 Å². The Morgan fingerprint density at radius 2 is 2.20 bits per heavy atom. The van der Waals surface area contributed by atoms with Crippen LogP contribution in [0.1, 0.15) is 17.0 Å². The molecule has 25 heavy (non-hydrogen) atoms. The van der Waals surface area contributed by atoms with E-state index in [4.69, 9.17) is 0 Å². The van der Waals surface area contributed by atoms with E-state index in [1.54, 1.807) is 40.0 Å². The Labute approximate surface area is 152 Å². The lowest BCUT2D eigenvalue weighted by atomic mass is 10.2. The summed E-state index contributed by atoms with van der Waals surface area (Å²) in [6.45, 7) is 0. The van der Waals surface area contributed by atoms with Crippen molar-refractivity contribution in [2.45, 2.75) is 17.9 Å². The number of nitrogens with zero attached hydrogens (tertiary/aromatic N) is 3. The van der Waals surface area contributed by atoms with Gasteiger partial charge in [-0.3, -0.25) is 9.48 Å². The molecule has 0 radical (unpaired) electrons. The van der Waals surface area contributed by atoms with E-state index in [0.29, 0.717) is 16.3 Å². The van der Waals surface area contributed by atoms with E-state index in [1.165, 1.54) is 17.4 Å². The number of thiazole rings is 1. The summed E-state index contributed by atoms with van der Waals surface area (Å²) in [5, 5.41) is 9.75. The van der Waals surface area contributed by atoms with Crippen molar-refractivity contribution in [3.8, 4) is 10.6 Å². The number of anilines is 1. The maximum absolute atomic E-state index is 13.8. The first-order chi connectivity index (χ1) is 12.1. The number of fused-ring (bicyclic) bond motifs is 1. The lowest BCUT2D eigenvalue weighted by Crippen LogP contribution is -2.17. The fourth-order valence-corrected chi connectivity index (χ4v) is 4.67. The van der Waals surface area contributed by atoms with Crippen LogP contribution < -0.4 is 5.32 Å². The smallest absolute Gasteiger partial charge is 0.231 e. The molecule has 0 spiro atoms. The molecule has 128 valence electrons. The summed E-state index contributed by atoms with van der Waals surface area (Å²) in [6, 6.07) is 6.51. The van der Waals surface area contributed by atoms with Crippen LogP contribution in [0, 0.1) is 5.82 Å². The van der Waals surface area contributed by atoms with E-state index in [9.17, 15) is 9.18 Å². The van der Waals surface area contributed by atoms with Gasteiger partial charge in [-0.1, -0.05) is 12.1 Å². The SMILES string of the molecule is Cn1nc2c(c1NC(=O)Cc1csc(-c3ccccc3F)n1)CSC2. The van der Waals surface area contributed by atoms with E-state index in [-0.39, 0.29) is 18.1 Å². The van der Waals surface area contributed by atoms with Gasteiger partial charge >= 0.3 is 0 Å². The maximum Gasteiger partial charge on any atom is 0.231 e. The number of aryl methyl sites for hydroxylation is 1. The molecule has 4 rings (SSSR count). The molecule has 0 unspecified atom stereocenters. The second-order valence-corrected chi connectivity index (χ2v) is 7.58. The van der Waals surface area contributed by atoms with E-state index in [2.05, 4.69) is 15.4 Å². The summed E-state index contributed by atoms with van der Waals surface area (Å²) in [5.41, 5.74) is 3.24. The average molecular weight is 374 g/mol. The number of aromatic nitrogens is 3. The number of hydrogen-bond donors (Lipinski definition) is 1. The van der Waals surface area contributed by atoms with Gasteiger partial charge in [0.15, 0.2) is 0 Å². The molecule has 1 aromatic carbocycles. The molecule has 3 aromatic rings. The second-order valence-electron chi connectivity index (χ2n) is 5.74. The Kier molecular flexibility index (Phi) is 4.30. The number of nitrogens with one attached hydrogen (secondary N) is 1. The topological polar surface area (TPSA) is 59.8 Å². The van der Waals surface area contributed by atoms with Gasteiger partial charge in [0.25, 0.3) is 0 Å². The molecule has 0 fully saturated rings. The van der Waals surface area contributed by atoms with Gasteiger partial charge in [-0.2, -0.15) is 16.9 Å². The summed E-state index contributed by atoms with van der Waals surface area (Å²) < 4.78 is 15.6. The lowest BCUT2D eigenvalue weighted by Gasteiger charge is -2.06. The second kappa shape index (κ2) is 6.61. The molecule has 1 amide bonds. The van der Waals surface area contributed by atoms with Crippen molar-refractivity contribution in [3.63, 3.8) is 0 Å². The Bertz CT molecular complexity index is 950. The van der Waals surface area contributed by atoms with Crippen LogP contribution in [0.5, 0.6) is 0 Å². The van der Waals surface area contributed by atoms with Crippen molar-refractivity contribution in [2.75, 3.05) is 5.32 Å². The number of hydrogen-bond acceptors (Lipinski definition) is 5. The first kappa shape index (κ1) is 16.3. The zero-order valence-corrected chi connectivity index (χ0v) is 15.1. The Morgan fingerprint density at radius 1 is 1.36 bits per heavy atom. The van der Waals surface area contributed by atoms with Crippen LogP contribution >= 0.6 is 23.1 Å². The Hall–Kier alpha value is -2.19. The third kappa shape index (κ3) is 3.19. The summed E-state index contributed by atoms with van der Waals surface area (Å²) in [5.74, 6) is 2.06. The number of benzene rings is 1. The van der Waals surface area contributed by atoms with Gasteiger partial charge in [0.2, 0.25) is 5.91 Å². The number of halogens is 1. The molecular weight excluding hydrogens is 359 g/mol. The zero-order valence-electron chi connectivity index (χ0n) is 13.5. The number of carbonyl (C=O) groups is 1. The van der Waals surface area contributed by atoms with Crippen molar-refractivity contribution in [1.29, 1.82) is 0 Å². The predicted octanol–water partition coefficient (Wildman–Crippen LogP) is 3.61. The highest BCUT2D eigenvalue weighted by molar-refractivity contribution is 7.98. The highest BCUT2D eigenvalue weighted by Gasteiger charge is 2.22. The van der Waals surface area contributed by atoms with Crippen LogP contribution in [0.2, 0.25) is 0 Å².